The largest absolute Gasteiger partial charge is 0.506 e. The van der Waals surface area contributed by atoms with Crippen molar-refractivity contribution in [3.05, 3.63) is 88.2 Å². The summed E-state index contributed by atoms with van der Waals surface area (Å²) in [6, 6.07) is 18.0. The van der Waals surface area contributed by atoms with E-state index in [9.17, 15) is 14.7 Å². The minimum absolute atomic E-state index is 0.00547. The summed E-state index contributed by atoms with van der Waals surface area (Å²) in [6.07, 6.45) is 1.40. The molecule has 0 spiro atoms. The number of para-hydroxylation sites is 1. The van der Waals surface area contributed by atoms with E-state index in [1.54, 1.807) is 24.3 Å². The Labute approximate surface area is 234 Å². The van der Waals surface area contributed by atoms with E-state index < -0.39 is 0 Å². The molecular weight excluding hydrogens is 746 g/mol. The Morgan fingerprint density at radius 1 is 1.18 bits per heavy atom. The van der Waals surface area contributed by atoms with E-state index in [2.05, 4.69) is 54.0 Å². The van der Waals surface area contributed by atoms with Crippen LogP contribution in [0.3, 0.4) is 0 Å². The molecule has 0 fully saturated rings. The summed E-state index contributed by atoms with van der Waals surface area (Å²) in [5.74, 6) is -0.271. The van der Waals surface area contributed by atoms with Crippen molar-refractivity contribution in [2.24, 2.45) is 5.10 Å². The number of carbonyl (C=O) groups excluding carboxylic acids is 1. The number of hydrazone groups is 1. The Morgan fingerprint density at radius 3 is 2.68 bits per heavy atom. The molecule has 0 radical (unpaired) electrons. The molecule has 1 amide bonds. The molecule has 34 heavy (non-hydrogen) atoms. The minimum atomic E-state index is -0.370. The molecular formula is C23H15BrI2N4O3S. The monoisotopic (exact) mass is 760 g/mol. The molecule has 172 valence electrons. The van der Waals surface area contributed by atoms with Gasteiger partial charge in [-0.15, -0.1) is 0 Å². The molecule has 3 aromatic carbocycles. The second-order valence-electron chi connectivity index (χ2n) is 6.94. The van der Waals surface area contributed by atoms with E-state index in [0.717, 1.165) is 19.8 Å². The Hall–Kier alpha value is -1.97. The summed E-state index contributed by atoms with van der Waals surface area (Å²) < 4.78 is 4.03. The topological polar surface area (TPSA) is 96.6 Å². The summed E-state index contributed by atoms with van der Waals surface area (Å²) in [6.45, 7) is 0. The standard InChI is InChI=1S/C23H15BrI2N4O3S/c24-14-5-7-16(8-6-14)30-22(33)17-3-1-2-4-19(17)28-23(30)34-12-20(31)29-27-11-13-9-15(25)10-18(26)21(13)32/h1-11,32H,12H2,(H,29,31)/b27-11-. The van der Waals surface area contributed by atoms with Gasteiger partial charge >= 0.3 is 0 Å². The smallest absolute Gasteiger partial charge is 0.266 e. The maximum atomic E-state index is 13.2. The summed E-state index contributed by atoms with van der Waals surface area (Å²) in [5, 5.41) is 15.0. The third-order valence-corrected chi connectivity index (χ3v) is 7.53. The van der Waals surface area contributed by atoms with Gasteiger partial charge in [-0.3, -0.25) is 14.2 Å². The van der Waals surface area contributed by atoms with Gasteiger partial charge in [-0.05, 0) is 93.7 Å². The number of nitrogens with one attached hydrogen (secondary N) is 1. The Balaban J connectivity index is 1.56. The van der Waals surface area contributed by atoms with Crippen molar-refractivity contribution in [1.29, 1.82) is 0 Å². The second kappa shape index (κ2) is 11.2. The number of fused-ring (bicyclic) bond motifs is 1. The molecule has 0 saturated heterocycles. The fourth-order valence-electron chi connectivity index (χ4n) is 3.05. The number of aromatic hydroxyl groups is 1. The highest BCUT2D eigenvalue weighted by atomic mass is 127. The van der Waals surface area contributed by atoms with Crippen LogP contribution < -0.4 is 11.0 Å². The molecule has 0 bridgehead atoms. The maximum absolute atomic E-state index is 13.2. The molecule has 2 N–H and O–H groups in total. The van der Waals surface area contributed by atoms with Gasteiger partial charge in [0.25, 0.3) is 11.5 Å². The first kappa shape index (κ1) is 25.1. The van der Waals surface area contributed by atoms with Crippen molar-refractivity contribution in [2.45, 2.75) is 5.16 Å². The number of rotatable bonds is 6. The number of halogens is 3. The van der Waals surface area contributed by atoms with Crippen molar-refractivity contribution >= 4 is 95.9 Å². The quantitative estimate of drug-likeness (QED) is 0.0915. The van der Waals surface area contributed by atoms with Gasteiger partial charge in [-0.2, -0.15) is 5.10 Å². The Bertz CT molecular complexity index is 1480. The number of thioether (sulfide) groups is 1. The third kappa shape index (κ3) is 5.80. The molecule has 1 heterocycles. The zero-order valence-electron chi connectivity index (χ0n) is 17.2. The molecule has 0 saturated carbocycles. The molecule has 4 aromatic rings. The lowest BCUT2D eigenvalue weighted by atomic mass is 10.2. The molecule has 0 atom stereocenters. The van der Waals surface area contributed by atoms with Gasteiger partial charge in [0.05, 0.1) is 32.1 Å². The van der Waals surface area contributed by atoms with Gasteiger partial charge in [0.2, 0.25) is 0 Å². The average Bonchev–Trinajstić information content (AvgIpc) is 2.82. The van der Waals surface area contributed by atoms with Crippen molar-refractivity contribution in [2.75, 3.05) is 5.75 Å². The maximum Gasteiger partial charge on any atom is 0.266 e. The van der Waals surface area contributed by atoms with Gasteiger partial charge in [-0.25, -0.2) is 10.4 Å². The number of phenolic OH excluding ortho intramolecular Hbond substituents is 1. The molecule has 0 aliphatic carbocycles. The number of aromatic nitrogens is 2. The fourth-order valence-corrected chi connectivity index (χ4v) is 6.01. The SMILES string of the molecule is O=C(CSc1nc2ccccc2c(=O)n1-c1ccc(Br)cc1)N/N=C\c1cc(I)cc(I)c1O. The lowest BCUT2D eigenvalue weighted by molar-refractivity contribution is -0.118. The highest BCUT2D eigenvalue weighted by molar-refractivity contribution is 14.1. The number of hydrogen-bond donors (Lipinski definition) is 2. The van der Waals surface area contributed by atoms with Crippen LogP contribution in [0.5, 0.6) is 5.75 Å². The number of benzene rings is 3. The lowest BCUT2D eigenvalue weighted by Crippen LogP contribution is -2.24. The molecule has 0 aliphatic heterocycles. The van der Waals surface area contributed by atoms with Crippen LogP contribution in [0.25, 0.3) is 16.6 Å². The minimum Gasteiger partial charge on any atom is -0.506 e. The van der Waals surface area contributed by atoms with Crippen LogP contribution in [0.15, 0.2) is 80.2 Å². The zero-order valence-corrected chi connectivity index (χ0v) is 23.9. The zero-order chi connectivity index (χ0) is 24.2. The van der Waals surface area contributed by atoms with E-state index in [1.165, 1.54) is 10.8 Å². The number of carbonyl (C=O) groups is 1. The highest BCUT2D eigenvalue weighted by Gasteiger charge is 2.15. The lowest BCUT2D eigenvalue weighted by Gasteiger charge is -2.13. The van der Waals surface area contributed by atoms with Crippen LogP contribution in [0.1, 0.15) is 5.56 Å². The molecule has 0 aliphatic rings. The van der Waals surface area contributed by atoms with E-state index in [-0.39, 0.29) is 23.0 Å². The molecule has 4 rings (SSSR count). The first-order valence-electron chi connectivity index (χ1n) is 9.74. The van der Waals surface area contributed by atoms with Gasteiger partial charge in [0.1, 0.15) is 5.75 Å². The summed E-state index contributed by atoms with van der Waals surface area (Å²) in [7, 11) is 0. The fraction of sp³-hybridized carbons (Fsp3) is 0.0435. The normalized spacial score (nSPS) is 11.3. The van der Waals surface area contributed by atoms with Crippen molar-refractivity contribution in [3.8, 4) is 11.4 Å². The van der Waals surface area contributed by atoms with Crippen LogP contribution in [0.4, 0.5) is 0 Å². The van der Waals surface area contributed by atoms with Gasteiger partial charge < -0.3 is 5.11 Å². The van der Waals surface area contributed by atoms with Crippen molar-refractivity contribution in [1.82, 2.24) is 15.0 Å². The van der Waals surface area contributed by atoms with E-state index >= 15 is 0 Å². The highest BCUT2D eigenvalue weighted by Crippen LogP contribution is 2.26. The average molecular weight is 761 g/mol. The van der Waals surface area contributed by atoms with Crippen LogP contribution in [0, 0.1) is 7.14 Å². The third-order valence-electron chi connectivity index (χ3n) is 4.61. The first-order chi connectivity index (χ1) is 16.3. The van der Waals surface area contributed by atoms with Crippen LogP contribution >= 0.6 is 72.9 Å². The van der Waals surface area contributed by atoms with Gasteiger partial charge in [-0.1, -0.05) is 39.8 Å². The Kier molecular flexibility index (Phi) is 8.26. The summed E-state index contributed by atoms with van der Waals surface area (Å²) in [5.41, 5.74) is 3.96. The van der Waals surface area contributed by atoms with Crippen molar-refractivity contribution < 1.29 is 9.90 Å². The Morgan fingerprint density at radius 2 is 1.91 bits per heavy atom. The van der Waals surface area contributed by atoms with Crippen LogP contribution in [-0.4, -0.2) is 32.5 Å². The first-order valence-corrected chi connectivity index (χ1v) is 13.7. The number of phenols is 1. The molecule has 1 aromatic heterocycles. The molecule has 0 unspecified atom stereocenters. The second-order valence-corrected chi connectivity index (χ2v) is 11.2. The van der Waals surface area contributed by atoms with E-state index in [0.29, 0.717) is 30.9 Å². The van der Waals surface area contributed by atoms with Crippen molar-refractivity contribution in [3.63, 3.8) is 0 Å². The van der Waals surface area contributed by atoms with E-state index in [4.69, 9.17) is 0 Å². The number of amides is 1. The predicted molar refractivity (Wildman–Crippen MR) is 155 cm³/mol. The predicted octanol–water partition coefficient (Wildman–Crippen LogP) is 5.31. The summed E-state index contributed by atoms with van der Waals surface area (Å²) in [4.78, 5) is 30.3. The van der Waals surface area contributed by atoms with Gasteiger partial charge in [0.15, 0.2) is 5.16 Å². The van der Waals surface area contributed by atoms with Crippen LogP contribution in [-0.2, 0) is 4.79 Å². The summed E-state index contributed by atoms with van der Waals surface area (Å²) >= 11 is 8.73. The molecule has 7 nitrogen and oxygen atoms in total. The van der Waals surface area contributed by atoms with E-state index in [1.807, 2.05) is 59.0 Å². The number of nitrogens with zero attached hydrogens (tertiary/aromatic N) is 3. The van der Waals surface area contributed by atoms with Gasteiger partial charge in [0, 0.05) is 13.6 Å². The van der Waals surface area contributed by atoms with Crippen LogP contribution in [0.2, 0.25) is 0 Å². The number of hydrogen-bond acceptors (Lipinski definition) is 6. The molecule has 11 heteroatoms.